The molecule has 22 rings (SSSR count). The third-order valence-corrected chi connectivity index (χ3v) is 15.4. The third kappa shape index (κ3) is 12.7. The summed E-state index contributed by atoms with van der Waals surface area (Å²) in [5.74, 6) is 0. The quantitative estimate of drug-likeness (QED) is 0.109. The number of ether oxygens (including phenoxy) is 13. The van der Waals surface area contributed by atoms with Crippen LogP contribution in [0.3, 0.4) is 0 Å². The van der Waals surface area contributed by atoms with Crippen LogP contribution in [0.5, 0.6) is 0 Å². The van der Waals surface area contributed by atoms with Crippen molar-refractivity contribution in [3.05, 3.63) is 0 Å². The predicted octanol–water partition coefficient (Wildman–Crippen LogP) is -1.70. The van der Waals surface area contributed by atoms with Gasteiger partial charge in [0.25, 0.3) is 0 Å². The summed E-state index contributed by atoms with van der Waals surface area (Å²) in [6, 6.07) is 0. The van der Waals surface area contributed by atoms with Gasteiger partial charge in [0.2, 0.25) is 0 Å². The summed E-state index contributed by atoms with van der Waals surface area (Å²) in [5, 5.41) is 128. The van der Waals surface area contributed by atoms with Crippen LogP contribution < -0.4 is 0 Å². The molecule has 73 heavy (non-hydrogen) atoms. The maximum atomic E-state index is 12.1. The largest absolute Gasteiger partial charge is 0.387 e. The highest BCUT2D eigenvalue weighted by Gasteiger charge is 2.58. The molecule has 24 nitrogen and oxygen atoms in total. The zero-order valence-corrected chi connectivity index (χ0v) is 43.4. The number of hydrogen-bond acceptors (Lipinski definition) is 24. The van der Waals surface area contributed by atoms with Gasteiger partial charge < -0.3 is 118 Å². The molecule has 22 aliphatic heterocycles. The molecule has 24 heteroatoms. The van der Waals surface area contributed by atoms with Gasteiger partial charge in [-0.25, -0.2) is 0 Å². The average molecular weight is 1060 g/mol. The lowest BCUT2D eigenvalue weighted by molar-refractivity contribution is -0.402. The highest BCUT2D eigenvalue weighted by Crippen LogP contribution is 2.40. The van der Waals surface area contributed by atoms with Gasteiger partial charge in [0.05, 0.1) is 36.6 Å². The predicted molar refractivity (Wildman–Crippen MR) is 247 cm³/mol. The van der Waals surface area contributed by atoms with Crippen LogP contribution in [-0.4, -0.2) is 247 Å². The van der Waals surface area contributed by atoms with Crippen molar-refractivity contribution in [2.75, 3.05) is 6.61 Å². The minimum Gasteiger partial charge on any atom is -0.387 e. The fourth-order valence-corrected chi connectivity index (χ4v) is 11.0. The van der Waals surface area contributed by atoms with E-state index in [1.165, 1.54) is 0 Å². The molecule has 11 N–H and O–H groups in total. The van der Waals surface area contributed by atoms with Crippen molar-refractivity contribution in [2.24, 2.45) is 5.41 Å². The lowest BCUT2D eigenvalue weighted by atomic mass is 9.91. The van der Waals surface area contributed by atoms with Gasteiger partial charge >= 0.3 is 0 Å². The summed E-state index contributed by atoms with van der Waals surface area (Å²) in [7, 11) is 0. The zero-order chi connectivity index (χ0) is 53.4. The Labute approximate surface area is 426 Å². The molecule has 0 aromatic carbocycles. The van der Waals surface area contributed by atoms with E-state index < -0.39 is 184 Å². The zero-order valence-electron chi connectivity index (χ0n) is 43.4. The highest BCUT2D eigenvalue weighted by atomic mass is 16.8. The Morgan fingerprint density at radius 2 is 0.521 bits per heavy atom. The van der Waals surface area contributed by atoms with Crippen LogP contribution in [0.15, 0.2) is 0 Å². The fourth-order valence-electron chi connectivity index (χ4n) is 11.0. The smallest absolute Gasteiger partial charge is 0.187 e. The van der Waals surface area contributed by atoms with E-state index in [1.54, 1.807) is 41.5 Å². The number of hydrogen-bond donors (Lipinski definition) is 11. The molecule has 0 aromatic heterocycles. The van der Waals surface area contributed by atoms with E-state index in [0.29, 0.717) is 6.42 Å². The molecule has 30 unspecified atom stereocenters. The lowest BCUT2D eigenvalue weighted by Gasteiger charge is -2.51. The van der Waals surface area contributed by atoms with Crippen molar-refractivity contribution < 1.29 is 118 Å². The first kappa shape index (κ1) is 59.7. The van der Waals surface area contributed by atoms with E-state index in [2.05, 4.69) is 20.8 Å². The van der Waals surface area contributed by atoms with Gasteiger partial charge in [0.1, 0.15) is 110 Å². The van der Waals surface area contributed by atoms with Crippen LogP contribution >= 0.6 is 0 Å². The summed E-state index contributed by atoms with van der Waals surface area (Å²) in [6.45, 7) is 16.8. The molecule has 22 heterocycles. The van der Waals surface area contributed by atoms with E-state index in [4.69, 9.17) is 61.6 Å². The molecule has 0 spiro atoms. The Balaban J connectivity index is 1.22. The van der Waals surface area contributed by atoms with Crippen molar-refractivity contribution in [1.82, 2.24) is 0 Å². The molecule has 22 saturated heterocycles. The molecule has 0 saturated carbocycles. The molecule has 22 aliphatic rings. The molecule has 426 valence electrons. The van der Waals surface area contributed by atoms with E-state index in [-0.39, 0.29) is 50.5 Å². The maximum Gasteiger partial charge on any atom is 0.187 e. The fraction of sp³-hybridized carbons (Fsp3) is 1.00. The van der Waals surface area contributed by atoms with Crippen LogP contribution in [0.2, 0.25) is 0 Å². The van der Waals surface area contributed by atoms with Gasteiger partial charge in [-0.3, -0.25) is 0 Å². The van der Waals surface area contributed by atoms with Gasteiger partial charge in [-0.1, -0.05) is 62.3 Å². The number of aliphatic hydroxyl groups excluding tert-OH is 11. The second kappa shape index (κ2) is 25.4. The first-order valence-corrected chi connectivity index (χ1v) is 26.6. The van der Waals surface area contributed by atoms with E-state index in [0.717, 1.165) is 6.42 Å². The van der Waals surface area contributed by atoms with E-state index in [9.17, 15) is 56.2 Å². The third-order valence-electron chi connectivity index (χ3n) is 15.4. The van der Waals surface area contributed by atoms with Crippen molar-refractivity contribution in [3.63, 3.8) is 0 Å². The van der Waals surface area contributed by atoms with Crippen molar-refractivity contribution in [1.29, 1.82) is 0 Å². The van der Waals surface area contributed by atoms with Gasteiger partial charge in [-0.2, -0.15) is 0 Å². The summed E-state index contributed by atoms with van der Waals surface area (Å²) >= 11 is 0. The minimum absolute atomic E-state index is 0.0438. The Bertz CT molecular complexity index is 1670. The number of rotatable bonds is 10. The van der Waals surface area contributed by atoms with Crippen molar-refractivity contribution >= 4 is 0 Å². The van der Waals surface area contributed by atoms with Gasteiger partial charge in [-0.15, -0.1) is 0 Å². The Morgan fingerprint density at radius 1 is 0.301 bits per heavy atom. The highest BCUT2D eigenvalue weighted by molar-refractivity contribution is 5.01. The molecule has 22 fully saturated rings. The van der Waals surface area contributed by atoms with Gasteiger partial charge in [0.15, 0.2) is 37.7 Å². The Hall–Kier alpha value is -0.960. The Kier molecular flexibility index (Phi) is 20.8. The minimum atomic E-state index is -1.84. The van der Waals surface area contributed by atoms with Gasteiger partial charge in [-0.05, 0) is 56.8 Å². The molecule has 0 amide bonds. The summed E-state index contributed by atoms with van der Waals surface area (Å²) in [5.41, 5.74) is -0.0438. The van der Waals surface area contributed by atoms with Gasteiger partial charge in [0, 0.05) is 6.61 Å². The second-order valence-electron chi connectivity index (χ2n) is 21.7. The van der Waals surface area contributed by atoms with Crippen LogP contribution in [0.25, 0.3) is 0 Å². The molecule has 0 aliphatic carbocycles. The van der Waals surface area contributed by atoms with Crippen molar-refractivity contribution in [3.8, 4) is 0 Å². The number of aliphatic hydroxyl groups is 11. The maximum absolute atomic E-state index is 12.1. The van der Waals surface area contributed by atoms with Crippen molar-refractivity contribution in [2.45, 2.75) is 298 Å². The summed E-state index contributed by atoms with van der Waals surface area (Å²) in [6.07, 6.45) is -41.8. The first-order valence-electron chi connectivity index (χ1n) is 26.6. The summed E-state index contributed by atoms with van der Waals surface area (Å²) in [4.78, 5) is 0. The van der Waals surface area contributed by atoms with E-state index >= 15 is 0 Å². The van der Waals surface area contributed by atoms with Crippen LogP contribution in [0.4, 0.5) is 0 Å². The first-order chi connectivity index (χ1) is 34.6. The van der Waals surface area contributed by atoms with Crippen LogP contribution in [0.1, 0.15) is 114 Å². The molecule has 0 aromatic rings. The Morgan fingerprint density at radius 3 is 0.753 bits per heavy atom. The van der Waals surface area contributed by atoms with Crippen LogP contribution in [-0.2, 0) is 61.6 Å². The van der Waals surface area contributed by atoms with E-state index in [1.807, 2.05) is 0 Å². The average Bonchev–Trinajstić information content (AvgIpc) is 3.36. The normalized spacial score (nSPS) is 51.5. The lowest BCUT2D eigenvalue weighted by Crippen LogP contribution is -2.68. The topological polar surface area (TPSA) is 343 Å². The summed E-state index contributed by atoms with van der Waals surface area (Å²) < 4.78 is 81.1. The SMILES string of the molecule is CCC1OC2OC3C(CC)OC(OC4C(CC)OC(OC5C(CC)OC(OC6C(CC)OC(OC7C(CC)OC(OC1C(O)C2O)C(O)C7O)C(O)C6O)C(O)C5OCCCC(C)(C)C)C(O)C4O)C(O)C3O. The molecular weight excluding hydrogens is 973 g/mol. The molecule has 30 atom stereocenters. The monoisotopic (exact) mass is 1060 g/mol. The molecular formula is C49H86O24. The molecule has 12 bridgehead atoms. The van der Waals surface area contributed by atoms with Crippen LogP contribution in [0, 0.1) is 5.41 Å². The standard InChI is InChI=1S/C49H86O24/c1-10-19-36-25(50)30(55)43(62-19)69-37-20(11-2)64-45(32(57)27(37)52)71-39-22(13-4)66-47(34(59)29(39)54)73-41-24(15-6)67-48(35(60)42(41)61-18-16-17-49(7,8)9)72-40-23(14-5)65-46(33(58)28(40)53)70-38-21(12-3)63-44(68-36)31(56)26(38)51/h19-48,50-60H,10-18H2,1-9H3. The molecule has 0 radical (unpaired) electrons. The second-order valence-corrected chi connectivity index (χ2v) is 21.7.